The van der Waals surface area contributed by atoms with Crippen molar-refractivity contribution in [2.75, 3.05) is 13.1 Å². The number of likely N-dealkylation sites (tertiary alicyclic amines) is 1. The molecule has 0 bridgehead atoms. The third-order valence-corrected chi connectivity index (χ3v) is 5.69. The number of carbonyl (C=O) groups excluding carboxylic acids is 1. The molecule has 0 saturated carbocycles. The highest BCUT2D eigenvalue weighted by Gasteiger charge is 2.28. The van der Waals surface area contributed by atoms with Crippen molar-refractivity contribution in [2.45, 2.75) is 45.1 Å². The Labute approximate surface area is 170 Å². The Morgan fingerprint density at radius 3 is 2.59 bits per heavy atom. The fraction of sp³-hybridized carbons (Fsp3) is 0.391. The molecule has 0 unspecified atom stereocenters. The maximum absolute atomic E-state index is 13.2. The molecule has 0 spiro atoms. The number of amides is 1. The third-order valence-electron chi connectivity index (χ3n) is 5.69. The first-order valence-corrected chi connectivity index (χ1v) is 10.4. The van der Waals surface area contributed by atoms with E-state index < -0.39 is 0 Å². The van der Waals surface area contributed by atoms with E-state index in [1.54, 1.807) is 21.7 Å². The van der Waals surface area contributed by atoms with Crippen LogP contribution in [0, 0.1) is 0 Å². The van der Waals surface area contributed by atoms with Gasteiger partial charge in [0.15, 0.2) is 11.3 Å². The van der Waals surface area contributed by atoms with E-state index in [0.717, 1.165) is 25.7 Å². The number of pyridine rings is 1. The van der Waals surface area contributed by atoms with Gasteiger partial charge in [0.2, 0.25) is 0 Å². The van der Waals surface area contributed by atoms with Crippen molar-refractivity contribution in [3.63, 3.8) is 0 Å². The van der Waals surface area contributed by atoms with Gasteiger partial charge in [0.1, 0.15) is 5.52 Å². The highest BCUT2D eigenvalue weighted by atomic mass is 16.2. The van der Waals surface area contributed by atoms with E-state index in [-0.39, 0.29) is 17.2 Å². The van der Waals surface area contributed by atoms with Crippen LogP contribution < -0.4 is 5.56 Å². The van der Waals surface area contributed by atoms with Crippen molar-refractivity contribution in [2.24, 2.45) is 0 Å². The van der Waals surface area contributed by atoms with Gasteiger partial charge in [-0.25, -0.2) is 9.97 Å². The summed E-state index contributed by atoms with van der Waals surface area (Å²) in [7, 11) is 0. The summed E-state index contributed by atoms with van der Waals surface area (Å²) < 4.78 is 1.61. The van der Waals surface area contributed by atoms with Gasteiger partial charge in [-0.2, -0.15) is 0 Å². The standard InChI is InChI=1S/C23H26N4O2/c1-2-3-14-27-21-19(10-7-13-24-21)25-20(23(27)29)22(28)26-15-11-18(12-16-26)17-8-5-4-6-9-17/h4-10,13,18H,2-3,11-12,14-16H2,1H3. The number of hydrogen-bond donors (Lipinski definition) is 0. The molecule has 1 aliphatic rings. The van der Waals surface area contributed by atoms with Crippen LogP contribution in [0.25, 0.3) is 11.2 Å². The second-order valence-corrected chi connectivity index (χ2v) is 7.59. The van der Waals surface area contributed by atoms with Crippen LogP contribution in [0.2, 0.25) is 0 Å². The van der Waals surface area contributed by atoms with Crippen molar-refractivity contribution in [1.82, 2.24) is 19.4 Å². The molecular weight excluding hydrogens is 364 g/mol. The highest BCUT2D eigenvalue weighted by Crippen LogP contribution is 2.28. The SMILES string of the molecule is CCCCn1c(=O)c(C(=O)N2CCC(c3ccccc3)CC2)nc2cccnc21. The predicted octanol–water partition coefficient (Wildman–Crippen LogP) is 3.61. The van der Waals surface area contributed by atoms with E-state index in [1.165, 1.54) is 5.56 Å². The second kappa shape index (κ2) is 8.55. The van der Waals surface area contributed by atoms with Gasteiger partial charge in [-0.15, -0.1) is 0 Å². The van der Waals surface area contributed by atoms with E-state index in [0.29, 0.717) is 36.7 Å². The summed E-state index contributed by atoms with van der Waals surface area (Å²) in [6.07, 6.45) is 5.26. The number of carbonyl (C=O) groups is 1. The molecule has 29 heavy (non-hydrogen) atoms. The van der Waals surface area contributed by atoms with Gasteiger partial charge in [-0.3, -0.25) is 14.2 Å². The molecule has 1 saturated heterocycles. The summed E-state index contributed by atoms with van der Waals surface area (Å²) in [6, 6.07) is 14.0. The van der Waals surface area contributed by atoms with Crippen LogP contribution in [0.5, 0.6) is 0 Å². The lowest BCUT2D eigenvalue weighted by Crippen LogP contribution is -2.42. The summed E-state index contributed by atoms with van der Waals surface area (Å²) in [5.74, 6) is 0.188. The minimum atomic E-state index is -0.333. The van der Waals surface area contributed by atoms with E-state index in [4.69, 9.17) is 0 Å². The zero-order valence-electron chi connectivity index (χ0n) is 16.8. The maximum atomic E-state index is 13.2. The van der Waals surface area contributed by atoms with Gasteiger partial charge >= 0.3 is 0 Å². The average Bonchev–Trinajstić information content (AvgIpc) is 2.78. The van der Waals surface area contributed by atoms with Gasteiger partial charge in [-0.1, -0.05) is 43.7 Å². The molecule has 150 valence electrons. The Morgan fingerprint density at radius 1 is 1.10 bits per heavy atom. The average molecular weight is 390 g/mol. The molecular formula is C23H26N4O2. The molecule has 0 N–H and O–H groups in total. The number of benzene rings is 1. The first-order valence-electron chi connectivity index (χ1n) is 10.4. The van der Waals surface area contributed by atoms with Gasteiger partial charge in [0.25, 0.3) is 11.5 Å². The monoisotopic (exact) mass is 390 g/mol. The third kappa shape index (κ3) is 3.92. The van der Waals surface area contributed by atoms with Gasteiger partial charge < -0.3 is 4.90 Å². The number of nitrogens with zero attached hydrogens (tertiary/aromatic N) is 4. The second-order valence-electron chi connectivity index (χ2n) is 7.59. The van der Waals surface area contributed by atoms with Crippen LogP contribution >= 0.6 is 0 Å². The predicted molar refractivity (Wildman–Crippen MR) is 113 cm³/mol. The summed E-state index contributed by atoms with van der Waals surface area (Å²) in [5.41, 5.74) is 2.13. The van der Waals surface area contributed by atoms with Gasteiger partial charge in [0, 0.05) is 25.8 Å². The Bertz CT molecular complexity index is 1050. The van der Waals surface area contributed by atoms with Crippen molar-refractivity contribution in [3.8, 4) is 0 Å². The van der Waals surface area contributed by atoms with E-state index in [1.807, 2.05) is 12.1 Å². The number of aromatic nitrogens is 3. The molecule has 0 radical (unpaired) electrons. The lowest BCUT2D eigenvalue weighted by Gasteiger charge is -2.32. The Morgan fingerprint density at radius 2 is 1.86 bits per heavy atom. The van der Waals surface area contributed by atoms with Crippen LogP contribution in [0.15, 0.2) is 53.5 Å². The van der Waals surface area contributed by atoms with Crippen LogP contribution in [0.1, 0.15) is 54.6 Å². The van der Waals surface area contributed by atoms with Crippen molar-refractivity contribution in [3.05, 3.63) is 70.3 Å². The summed E-state index contributed by atoms with van der Waals surface area (Å²) in [5, 5.41) is 0. The van der Waals surface area contributed by atoms with Gasteiger partial charge in [-0.05, 0) is 42.9 Å². The molecule has 0 aliphatic carbocycles. The van der Waals surface area contributed by atoms with E-state index in [9.17, 15) is 9.59 Å². The minimum absolute atomic E-state index is 0.0137. The topological polar surface area (TPSA) is 68.1 Å². The molecule has 3 heterocycles. The van der Waals surface area contributed by atoms with Crippen LogP contribution in [-0.4, -0.2) is 38.4 Å². The molecule has 6 heteroatoms. The molecule has 1 amide bonds. The molecule has 4 rings (SSSR count). The quantitative estimate of drug-likeness (QED) is 0.667. The highest BCUT2D eigenvalue weighted by molar-refractivity contribution is 5.93. The van der Waals surface area contributed by atoms with Crippen LogP contribution in [0.3, 0.4) is 0 Å². The summed E-state index contributed by atoms with van der Waals surface area (Å²) in [4.78, 5) is 36.7. The molecule has 2 aromatic heterocycles. The van der Waals surface area contributed by atoms with Crippen LogP contribution in [0.4, 0.5) is 0 Å². The summed E-state index contributed by atoms with van der Waals surface area (Å²) in [6.45, 7) is 3.89. The first kappa shape index (κ1) is 19.3. The molecule has 1 fully saturated rings. The number of fused-ring (bicyclic) bond motifs is 1. The van der Waals surface area contributed by atoms with Crippen molar-refractivity contribution >= 4 is 17.1 Å². The maximum Gasteiger partial charge on any atom is 0.283 e. The van der Waals surface area contributed by atoms with Crippen molar-refractivity contribution in [1.29, 1.82) is 0 Å². The van der Waals surface area contributed by atoms with Crippen molar-refractivity contribution < 1.29 is 4.79 Å². The fourth-order valence-corrected chi connectivity index (χ4v) is 4.03. The number of rotatable bonds is 5. The molecule has 1 aliphatic heterocycles. The number of aryl methyl sites for hydroxylation is 1. The molecule has 6 nitrogen and oxygen atoms in total. The number of hydrogen-bond acceptors (Lipinski definition) is 4. The zero-order valence-corrected chi connectivity index (χ0v) is 16.8. The zero-order chi connectivity index (χ0) is 20.2. The molecule has 1 aromatic carbocycles. The van der Waals surface area contributed by atoms with E-state index >= 15 is 0 Å². The normalized spacial score (nSPS) is 15.0. The van der Waals surface area contributed by atoms with Crippen LogP contribution in [-0.2, 0) is 6.54 Å². The summed E-state index contributed by atoms with van der Waals surface area (Å²) >= 11 is 0. The lowest BCUT2D eigenvalue weighted by molar-refractivity contribution is 0.0704. The first-order chi connectivity index (χ1) is 14.2. The smallest absolute Gasteiger partial charge is 0.283 e. The Kier molecular flexibility index (Phi) is 5.69. The van der Waals surface area contributed by atoms with Gasteiger partial charge in [0.05, 0.1) is 0 Å². The number of unbranched alkanes of at least 4 members (excludes halogenated alkanes) is 1. The van der Waals surface area contributed by atoms with E-state index in [2.05, 4.69) is 41.2 Å². The lowest BCUT2D eigenvalue weighted by atomic mass is 9.89. The molecule has 3 aromatic rings. The Balaban J connectivity index is 1.59. The largest absolute Gasteiger partial charge is 0.337 e. The fourth-order valence-electron chi connectivity index (χ4n) is 4.03. The Hall–Kier alpha value is -3.02. The molecule has 0 atom stereocenters. The minimum Gasteiger partial charge on any atom is -0.337 e. The number of piperidine rings is 1.